The Kier molecular flexibility index (Phi) is 5.74. The van der Waals surface area contributed by atoms with Crippen molar-refractivity contribution in [3.05, 3.63) is 81.5 Å². The molecule has 1 aliphatic heterocycles. The van der Waals surface area contributed by atoms with E-state index >= 15 is 0 Å². The minimum absolute atomic E-state index is 0.0758. The van der Waals surface area contributed by atoms with Gasteiger partial charge < -0.3 is 4.74 Å². The molecule has 1 unspecified atom stereocenters. The Balaban J connectivity index is 1.64. The number of thioether (sulfide) groups is 1. The Morgan fingerprint density at radius 2 is 1.90 bits per heavy atom. The maximum absolute atomic E-state index is 13.2. The zero-order chi connectivity index (χ0) is 21.3. The van der Waals surface area contributed by atoms with Gasteiger partial charge in [0, 0.05) is 10.1 Å². The number of hydrogen-bond acceptors (Lipinski definition) is 6. The number of anilines is 1. The van der Waals surface area contributed by atoms with Crippen LogP contribution in [-0.2, 0) is 16.0 Å². The van der Waals surface area contributed by atoms with Gasteiger partial charge in [0.25, 0.3) is 5.91 Å². The Hall–Kier alpha value is -2.90. The number of methoxy groups -OCH3 is 1. The first-order chi connectivity index (χ1) is 14.5. The van der Waals surface area contributed by atoms with Crippen molar-refractivity contribution in [1.29, 1.82) is 0 Å². The molecule has 2 heterocycles. The maximum atomic E-state index is 13.2. The van der Waals surface area contributed by atoms with E-state index in [2.05, 4.69) is 19.1 Å². The number of fused-ring (bicyclic) bond motifs is 1. The van der Waals surface area contributed by atoms with Gasteiger partial charge in [-0.05, 0) is 41.6 Å². The Morgan fingerprint density at radius 1 is 1.13 bits per heavy atom. The molecule has 0 radical (unpaired) electrons. The number of rotatable bonds is 5. The van der Waals surface area contributed by atoms with E-state index in [-0.39, 0.29) is 28.0 Å². The summed E-state index contributed by atoms with van der Waals surface area (Å²) in [4.78, 5) is 40.3. The molecule has 3 aromatic rings. The lowest BCUT2D eigenvalue weighted by molar-refractivity contribution is -0.117. The van der Waals surface area contributed by atoms with E-state index in [4.69, 9.17) is 4.74 Å². The number of carbonyl (C=O) groups is 3. The first kappa shape index (κ1) is 20.4. The van der Waals surface area contributed by atoms with Crippen LogP contribution in [0.15, 0.2) is 64.9 Å². The lowest BCUT2D eigenvalue weighted by Crippen LogP contribution is -2.42. The van der Waals surface area contributed by atoms with Crippen LogP contribution in [0, 0.1) is 0 Å². The number of thiophene rings is 1. The topological polar surface area (TPSA) is 63.7 Å². The number of hydrogen-bond donors (Lipinski definition) is 0. The summed E-state index contributed by atoms with van der Waals surface area (Å²) in [6.07, 6.45) is 0.0758. The summed E-state index contributed by atoms with van der Waals surface area (Å²) in [6.45, 7) is 2.12. The quantitative estimate of drug-likeness (QED) is 0.315. The fourth-order valence-electron chi connectivity index (χ4n) is 3.42. The molecule has 4 rings (SSSR count). The van der Waals surface area contributed by atoms with E-state index in [1.165, 1.54) is 17.6 Å². The number of imide groups is 1. The molecular formula is C23H19NO4S2. The lowest BCUT2D eigenvalue weighted by atomic mass is 10.0. The SMILES string of the molecule is COC(=O)c1scc2c1C(=O)N(c1cccc(SC(C)c3ccccc3)c1)C(=O)C2. The van der Waals surface area contributed by atoms with Crippen molar-refractivity contribution in [1.82, 2.24) is 0 Å². The highest BCUT2D eigenvalue weighted by Gasteiger charge is 2.37. The van der Waals surface area contributed by atoms with Crippen LogP contribution >= 0.6 is 23.1 Å². The third-order valence-electron chi connectivity index (χ3n) is 4.90. The summed E-state index contributed by atoms with van der Waals surface area (Å²) >= 11 is 2.79. The predicted molar refractivity (Wildman–Crippen MR) is 118 cm³/mol. The maximum Gasteiger partial charge on any atom is 0.348 e. The molecule has 2 aromatic carbocycles. The Labute approximate surface area is 182 Å². The minimum Gasteiger partial charge on any atom is -0.465 e. The first-order valence-electron chi connectivity index (χ1n) is 9.37. The van der Waals surface area contributed by atoms with Crippen LogP contribution in [0.4, 0.5) is 5.69 Å². The molecule has 0 saturated carbocycles. The molecule has 0 fully saturated rings. The zero-order valence-corrected chi connectivity index (χ0v) is 18.1. The second kappa shape index (κ2) is 8.45. The Bertz CT molecular complexity index is 1120. The van der Waals surface area contributed by atoms with E-state index < -0.39 is 11.9 Å². The standard InChI is InChI=1S/C23H19NO4S2/c1-14(15-7-4-3-5-8-15)30-18-10-6-9-17(12-18)24-19(25)11-16-13-29-21(23(27)28-2)20(16)22(24)26/h3-10,12-14H,11H2,1-2H3. The van der Waals surface area contributed by atoms with Crippen molar-refractivity contribution in [2.45, 2.75) is 23.5 Å². The molecule has 1 aromatic heterocycles. The fourth-order valence-corrected chi connectivity index (χ4v) is 5.45. The summed E-state index contributed by atoms with van der Waals surface area (Å²) in [5, 5.41) is 1.89. The molecule has 0 aliphatic carbocycles. The number of benzene rings is 2. The summed E-state index contributed by atoms with van der Waals surface area (Å²) in [6, 6.07) is 17.5. The monoisotopic (exact) mass is 437 g/mol. The summed E-state index contributed by atoms with van der Waals surface area (Å²) in [5.74, 6) is -1.36. The molecular weight excluding hydrogens is 418 g/mol. The van der Waals surface area contributed by atoms with Gasteiger partial charge in [0.15, 0.2) is 0 Å². The van der Waals surface area contributed by atoms with Crippen molar-refractivity contribution < 1.29 is 19.1 Å². The van der Waals surface area contributed by atoms with Crippen LogP contribution in [-0.4, -0.2) is 24.9 Å². The molecule has 0 spiro atoms. The predicted octanol–water partition coefficient (Wildman–Crippen LogP) is 5.12. The average Bonchev–Trinajstić information content (AvgIpc) is 3.18. The van der Waals surface area contributed by atoms with Crippen molar-refractivity contribution in [2.24, 2.45) is 0 Å². The van der Waals surface area contributed by atoms with Gasteiger partial charge in [-0.3, -0.25) is 9.59 Å². The highest BCUT2D eigenvalue weighted by molar-refractivity contribution is 7.99. The van der Waals surface area contributed by atoms with Crippen LogP contribution in [0.1, 0.15) is 43.3 Å². The van der Waals surface area contributed by atoms with Crippen molar-refractivity contribution in [2.75, 3.05) is 12.0 Å². The van der Waals surface area contributed by atoms with E-state index in [1.54, 1.807) is 23.2 Å². The van der Waals surface area contributed by atoms with Gasteiger partial charge >= 0.3 is 5.97 Å². The zero-order valence-electron chi connectivity index (χ0n) is 16.5. The van der Waals surface area contributed by atoms with Gasteiger partial charge in [0.1, 0.15) is 4.88 Å². The molecule has 0 saturated heterocycles. The van der Waals surface area contributed by atoms with Gasteiger partial charge in [0.05, 0.1) is 24.8 Å². The van der Waals surface area contributed by atoms with Crippen molar-refractivity contribution in [3.8, 4) is 0 Å². The van der Waals surface area contributed by atoms with E-state index in [9.17, 15) is 14.4 Å². The molecule has 30 heavy (non-hydrogen) atoms. The normalized spacial score (nSPS) is 14.4. The molecule has 1 aliphatic rings. The number of amides is 2. The number of nitrogens with zero attached hydrogens (tertiary/aromatic N) is 1. The molecule has 5 nitrogen and oxygen atoms in total. The molecule has 1 atom stereocenters. The first-order valence-corrected chi connectivity index (χ1v) is 11.1. The third kappa shape index (κ3) is 3.78. The smallest absolute Gasteiger partial charge is 0.348 e. The van der Waals surface area contributed by atoms with Gasteiger partial charge in [-0.2, -0.15) is 0 Å². The summed E-state index contributed by atoms with van der Waals surface area (Å²) in [5.41, 5.74) is 2.55. The van der Waals surface area contributed by atoms with E-state index in [0.717, 1.165) is 16.2 Å². The van der Waals surface area contributed by atoms with E-state index in [1.807, 2.05) is 36.4 Å². The number of ether oxygens (including phenoxy) is 1. The van der Waals surface area contributed by atoms with Crippen LogP contribution < -0.4 is 4.90 Å². The third-order valence-corrected chi connectivity index (χ3v) is 7.06. The largest absolute Gasteiger partial charge is 0.465 e. The lowest BCUT2D eigenvalue weighted by Gasteiger charge is -2.26. The van der Waals surface area contributed by atoms with Crippen LogP contribution in [0.3, 0.4) is 0 Å². The summed E-state index contributed by atoms with van der Waals surface area (Å²) in [7, 11) is 1.28. The fraction of sp³-hybridized carbons (Fsp3) is 0.174. The van der Waals surface area contributed by atoms with Gasteiger partial charge in [-0.15, -0.1) is 23.1 Å². The van der Waals surface area contributed by atoms with Gasteiger partial charge in [-0.25, -0.2) is 9.69 Å². The molecule has 7 heteroatoms. The number of esters is 1. The Morgan fingerprint density at radius 3 is 2.63 bits per heavy atom. The van der Waals surface area contributed by atoms with Crippen LogP contribution in [0.2, 0.25) is 0 Å². The molecule has 0 N–H and O–H groups in total. The second-order valence-corrected chi connectivity index (χ2v) is 9.13. The van der Waals surface area contributed by atoms with Crippen LogP contribution in [0.5, 0.6) is 0 Å². The minimum atomic E-state index is -0.565. The van der Waals surface area contributed by atoms with Gasteiger partial charge in [0.2, 0.25) is 5.91 Å². The molecule has 2 amide bonds. The highest BCUT2D eigenvalue weighted by atomic mass is 32.2. The second-order valence-electron chi connectivity index (χ2n) is 6.84. The number of carbonyl (C=O) groups excluding carboxylic acids is 3. The van der Waals surface area contributed by atoms with E-state index in [0.29, 0.717) is 11.3 Å². The molecule has 0 bridgehead atoms. The summed E-state index contributed by atoms with van der Waals surface area (Å²) < 4.78 is 4.79. The van der Waals surface area contributed by atoms with Crippen molar-refractivity contribution >= 4 is 46.6 Å². The van der Waals surface area contributed by atoms with Crippen LogP contribution in [0.25, 0.3) is 0 Å². The van der Waals surface area contributed by atoms with Crippen molar-refractivity contribution in [3.63, 3.8) is 0 Å². The highest BCUT2D eigenvalue weighted by Crippen LogP contribution is 2.37. The molecule has 152 valence electrons. The average molecular weight is 438 g/mol. The van der Waals surface area contributed by atoms with Gasteiger partial charge in [-0.1, -0.05) is 36.4 Å².